The van der Waals surface area contributed by atoms with Crippen molar-refractivity contribution >= 4 is 32.9 Å². The Labute approximate surface area is 186 Å². The Morgan fingerprint density at radius 1 is 0.806 bits per heavy atom. The van der Waals surface area contributed by atoms with Gasteiger partial charge in [-0.1, -0.05) is 64.4 Å². The van der Waals surface area contributed by atoms with Gasteiger partial charge in [0.05, 0.1) is 12.7 Å². The molecule has 0 unspecified atom stereocenters. The fourth-order valence-electron chi connectivity index (χ4n) is 2.55. The normalized spacial score (nSPS) is 11.8. The molecule has 0 saturated carbocycles. The van der Waals surface area contributed by atoms with Gasteiger partial charge in [0, 0.05) is 10.5 Å². The van der Waals surface area contributed by atoms with Crippen molar-refractivity contribution < 1.29 is 22.2 Å². The summed E-state index contributed by atoms with van der Waals surface area (Å²) in [6.07, 6.45) is 0. The number of hydrogen-bond acceptors (Lipinski definition) is 7. The Morgan fingerprint density at radius 3 is 1.87 bits per heavy atom. The van der Waals surface area contributed by atoms with Crippen molar-refractivity contribution in [1.82, 2.24) is 0 Å². The molecule has 0 aliphatic rings. The Bertz CT molecular complexity index is 1180. The molecule has 3 rings (SSSR count). The lowest BCUT2D eigenvalue weighted by atomic mass is 10.1. The number of nitrogens with zero attached hydrogens (tertiary/aromatic N) is 1. The molecule has 0 saturated heterocycles. The average Bonchev–Trinajstić information content (AvgIpc) is 2.78. The molecule has 8 heteroatoms. The molecule has 0 aliphatic heterocycles. The summed E-state index contributed by atoms with van der Waals surface area (Å²) >= 11 is 1.25. The number of methoxy groups -OCH3 is 1. The van der Waals surface area contributed by atoms with Gasteiger partial charge in [-0.05, 0) is 50.2 Å². The molecule has 3 aromatic carbocycles. The summed E-state index contributed by atoms with van der Waals surface area (Å²) in [7, 11) is -2.77. The monoisotopic (exact) mass is 455 g/mol. The molecule has 0 fully saturated rings. The number of ether oxygens (including phenoxy) is 1. The molecular weight excluding hydrogens is 434 g/mol. The third-order valence-corrected chi connectivity index (χ3v) is 6.45. The summed E-state index contributed by atoms with van der Waals surface area (Å²) in [4.78, 5) is 12.6. The van der Waals surface area contributed by atoms with E-state index in [1.54, 1.807) is 36.4 Å². The number of rotatable bonds is 6. The van der Waals surface area contributed by atoms with Crippen LogP contribution in [0.4, 0.5) is 0 Å². The van der Waals surface area contributed by atoms with E-state index in [1.165, 1.54) is 31.0 Å². The fourth-order valence-corrected chi connectivity index (χ4v) is 4.15. The van der Waals surface area contributed by atoms with Gasteiger partial charge in [0.15, 0.2) is 0 Å². The van der Waals surface area contributed by atoms with Crippen LogP contribution < -0.4 is 0 Å². The number of carbonyl (C=O) groups excluding carboxylic acids is 1. The van der Waals surface area contributed by atoms with Gasteiger partial charge >= 0.3 is 16.1 Å². The SMILES string of the molecule is COC(=O)c1ccc(C(=NOS(=O)(=O)c2ccc(C)cc2)Sc2ccc(C)cc2)cc1. The van der Waals surface area contributed by atoms with Crippen LogP contribution in [0, 0.1) is 13.8 Å². The number of hydrogen-bond donors (Lipinski definition) is 0. The van der Waals surface area contributed by atoms with Crippen LogP contribution in [-0.4, -0.2) is 26.5 Å². The predicted molar refractivity (Wildman–Crippen MR) is 121 cm³/mol. The molecule has 0 aliphatic carbocycles. The van der Waals surface area contributed by atoms with Gasteiger partial charge in [-0.3, -0.25) is 4.28 Å². The van der Waals surface area contributed by atoms with Crippen LogP contribution in [0.3, 0.4) is 0 Å². The lowest BCUT2D eigenvalue weighted by Crippen LogP contribution is -2.06. The smallest absolute Gasteiger partial charge is 0.358 e. The largest absolute Gasteiger partial charge is 0.465 e. The highest BCUT2D eigenvalue weighted by molar-refractivity contribution is 8.14. The third-order valence-electron chi connectivity index (χ3n) is 4.32. The Hall–Kier alpha value is -3.10. The second-order valence-corrected chi connectivity index (χ2v) is 9.31. The van der Waals surface area contributed by atoms with Crippen LogP contribution in [-0.2, 0) is 19.1 Å². The van der Waals surface area contributed by atoms with E-state index >= 15 is 0 Å². The summed E-state index contributed by atoms with van der Waals surface area (Å²) in [6, 6.07) is 20.5. The van der Waals surface area contributed by atoms with Crippen LogP contribution in [0.1, 0.15) is 27.0 Å². The maximum absolute atomic E-state index is 12.6. The highest BCUT2D eigenvalue weighted by Crippen LogP contribution is 2.26. The van der Waals surface area contributed by atoms with E-state index in [9.17, 15) is 13.2 Å². The molecule has 0 amide bonds. The van der Waals surface area contributed by atoms with E-state index in [-0.39, 0.29) is 4.90 Å². The summed E-state index contributed by atoms with van der Waals surface area (Å²) in [5, 5.41) is 4.28. The molecule has 0 bridgehead atoms. The van der Waals surface area contributed by atoms with Crippen LogP contribution in [0.25, 0.3) is 0 Å². The van der Waals surface area contributed by atoms with Crippen LogP contribution in [0.5, 0.6) is 0 Å². The molecule has 160 valence electrons. The first-order chi connectivity index (χ1) is 14.8. The Balaban J connectivity index is 1.93. The minimum Gasteiger partial charge on any atom is -0.465 e. The van der Waals surface area contributed by atoms with Gasteiger partial charge in [-0.2, -0.15) is 8.42 Å². The Morgan fingerprint density at radius 2 is 1.32 bits per heavy atom. The number of aryl methyl sites for hydroxylation is 2. The van der Waals surface area contributed by atoms with E-state index in [0.29, 0.717) is 16.2 Å². The number of carbonyl (C=O) groups is 1. The minimum atomic E-state index is -4.08. The number of esters is 1. The van der Waals surface area contributed by atoms with Crippen molar-refractivity contribution in [3.8, 4) is 0 Å². The van der Waals surface area contributed by atoms with Gasteiger partial charge in [-0.15, -0.1) is 0 Å². The van der Waals surface area contributed by atoms with E-state index in [4.69, 9.17) is 9.02 Å². The van der Waals surface area contributed by atoms with Crippen LogP contribution >= 0.6 is 11.8 Å². The molecule has 0 aromatic heterocycles. The maximum Gasteiger partial charge on any atom is 0.358 e. The zero-order chi connectivity index (χ0) is 22.4. The molecule has 0 N–H and O–H groups in total. The van der Waals surface area contributed by atoms with Gasteiger partial charge in [-0.25, -0.2) is 4.79 Å². The van der Waals surface area contributed by atoms with Crippen molar-refractivity contribution in [2.24, 2.45) is 5.16 Å². The summed E-state index contributed by atoms with van der Waals surface area (Å²) < 4.78 is 34.8. The molecule has 0 radical (unpaired) electrons. The van der Waals surface area contributed by atoms with E-state index < -0.39 is 16.1 Å². The lowest BCUT2D eigenvalue weighted by Gasteiger charge is -2.08. The van der Waals surface area contributed by atoms with Crippen LogP contribution in [0.2, 0.25) is 0 Å². The molecule has 0 spiro atoms. The highest BCUT2D eigenvalue weighted by atomic mass is 32.2. The fraction of sp³-hybridized carbons (Fsp3) is 0.130. The van der Waals surface area contributed by atoms with E-state index in [2.05, 4.69) is 5.16 Å². The quantitative estimate of drug-likeness (QED) is 0.172. The van der Waals surface area contributed by atoms with Crippen molar-refractivity contribution in [3.05, 3.63) is 95.1 Å². The summed E-state index contributed by atoms with van der Waals surface area (Å²) in [6.45, 7) is 3.84. The first kappa shape index (κ1) is 22.6. The molecular formula is C23H21NO5S2. The van der Waals surface area contributed by atoms with Gasteiger partial charge in [0.2, 0.25) is 0 Å². The molecule has 3 aromatic rings. The van der Waals surface area contributed by atoms with E-state index in [0.717, 1.165) is 16.0 Å². The van der Waals surface area contributed by atoms with Crippen molar-refractivity contribution in [1.29, 1.82) is 0 Å². The molecule has 31 heavy (non-hydrogen) atoms. The van der Waals surface area contributed by atoms with Gasteiger partial charge in [0.1, 0.15) is 9.94 Å². The second-order valence-electron chi connectivity index (χ2n) is 6.72. The summed E-state index contributed by atoms with van der Waals surface area (Å²) in [5.74, 6) is -0.463. The summed E-state index contributed by atoms with van der Waals surface area (Å²) in [5.41, 5.74) is 3.00. The predicted octanol–water partition coefficient (Wildman–Crippen LogP) is 4.95. The lowest BCUT2D eigenvalue weighted by molar-refractivity contribution is 0.0600. The van der Waals surface area contributed by atoms with Crippen molar-refractivity contribution in [3.63, 3.8) is 0 Å². The van der Waals surface area contributed by atoms with Gasteiger partial charge in [0.25, 0.3) is 0 Å². The molecule has 0 atom stereocenters. The second kappa shape index (κ2) is 9.80. The van der Waals surface area contributed by atoms with Crippen molar-refractivity contribution in [2.45, 2.75) is 23.6 Å². The zero-order valence-electron chi connectivity index (χ0n) is 17.2. The van der Waals surface area contributed by atoms with Crippen molar-refractivity contribution in [2.75, 3.05) is 7.11 Å². The first-order valence-corrected chi connectivity index (χ1v) is 11.5. The van der Waals surface area contributed by atoms with Crippen LogP contribution in [0.15, 0.2) is 87.7 Å². The minimum absolute atomic E-state index is 0.0163. The zero-order valence-corrected chi connectivity index (χ0v) is 18.9. The standard InChI is InChI=1S/C23H21NO5S2/c1-16-4-12-20(13-5-16)30-22(18-8-10-19(11-9-18)23(25)28-3)24-29-31(26,27)21-14-6-17(2)7-15-21/h4-15H,1-3H3. The number of benzene rings is 3. The van der Waals surface area contributed by atoms with E-state index in [1.807, 2.05) is 38.1 Å². The topological polar surface area (TPSA) is 82.0 Å². The Kier molecular flexibility index (Phi) is 7.14. The highest BCUT2D eigenvalue weighted by Gasteiger charge is 2.17. The van der Waals surface area contributed by atoms with Gasteiger partial charge < -0.3 is 4.74 Å². The molecule has 0 heterocycles. The first-order valence-electron chi connectivity index (χ1n) is 9.30. The number of oxime groups is 1. The third kappa shape index (κ3) is 5.96. The molecule has 6 nitrogen and oxygen atoms in total. The average molecular weight is 456 g/mol. The number of thioether (sulfide) groups is 1. The maximum atomic E-state index is 12.6.